The molecule has 27 heavy (non-hydrogen) atoms. The highest BCUT2D eigenvalue weighted by molar-refractivity contribution is 5.74. The Bertz CT molecular complexity index is 1010. The molecular formula is C18H23N5O4. The van der Waals surface area contributed by atoms with E-state index in [0.29, 0.717) is 49.7 Å². The van der Waals surface area contributed by atoms with Crippen molar-refractivity contribution in [3.63, 3.8) is 0 Å². The number of nitrogens with one attached hydrogen (secondary N) is 2. The van der Waals surface area contributed by atoms with Crippen molar-refractivity contribution >= 4 is 17.1 Å². The maximum atomic E-state index is 12.3. The van der Waals surface area contributed by atoms with Crippen LogP contribution in [0.2, 0.25) is 0 Å². The van der Waals surface area contributed by atoms with Crippen molar-refractivity contribution in [2.45, 2.75) is 19.4 Å². The summed E-state index contributed by atoms with van der Waals surface area (Å²) in [4.78, 5) is 30.9. The fraction of sp³-hybridized carbons (Fsp3) is 0.389. The molecule has 0 saturated heterocycles. The monoisotopic (exact) mass is 373 g/mol. The molecule has 3 aromatic rings. The minimum atomic E-state index is -0.508. The van der Waals surface area contributed by atoms with Crippen molar-refractivity contribution in [2.24, 2.45) is 7.05 Å². The van der Waals surface area contributed by atoms with Gasteiger partial charge in [-0.05, 0) is 25.0 Å². The largest absolute Gasteiger partial charge is 0.494 e. The van der Waals surface area contributed by atoms with Crippen molar-refractivity contribution in [2.75, 3.05) is 25.1 Å². The van der Waals surface area contributed by atoms with Crippen LogP contribution >= 0.6 is 0 Å². The first-order valence-electron chi connectivity index (χ1n) is 8.84. The van der Waals surface area contributed by atoms with Gasteiger partial charge in [-0.3, -0.25) is 14.3 Å². The highest BCUT2D eigenvalue weighted by Gasteiger charge is 2.16. The number of aryl methyl sites for hydroxylation is 2. The Hall–Kier alpha value is -3.07. The average Bonchev–Trinajstić information content (AvgIpc) is 3.04. The third kappa shape index (κ3) is 4.20. The van der Waals surface area contributed by atoms with E-state index >= 15 is 0 Å². The zero-order valence-corrected chi connectivity index (χ0v) is 15.1. The third-order valence-corrected chi connectivity index (χ3v) is 4.16. The molecule has 9 heteroatoms. The standard InChI is InChI=1S/C18H23N5O4/c1-22-15-14(16(25)21-18(22)26)23(17(20-15)19-9-5-11-24)10-6-12-27-13-7-3-2-4-8-13/h2-4,7-8,24H,5-6,9-12H2,1H3,(H,19,20)(H,21,25,26). The lowest BCUT2D eigenvalue weighted by Gasteiger charge is -2.11. The Morgan fingerprint density at radius 3 is 2.74 bits per heavy atom. The Morgan fingerprint density at radius 2 is 2.00 bits per heavy atom. The first-order valence-corrected chi connectivity index (χ1v) is 8.84. The van der Waals surface area contributed by atoms with Gasteiger partial charge in [0.05, 0.1) is 6.61 Å². The first kappa shape index (κ1) is 18.7. The van der Waals surface area contributed by atoms with E-state index in [-0.39, 0.29) is 6.61 Å². The van der Waals surface area contributed by atoms with Crippen molar-refractivity contribution in [3.8, 4) is 5.75 Å². The van der Waals surface area contributed by atoms with Crippen LogP contribution in [0.4, 0.5) is 5.95 Å². The van der Waals surface area contributed by atoms with E-state index in [4.69, 9.17) is 9.84 Å². The molecule has 0 aliphatic heterocycles. The number of imidazole rings is 1. The Balaban J connectivity index is 1.82. The number of nitrogens with zero attached hydrogens (tertiary/aromatic N) is 3. The predicted molar refractivity (Wildman–Crippen MR) is 102 cm³/mol. The van der Waals surface area contributed by atoms with Gasteiger partial charge in [0.2, 0.25) is 5.95 Å². The Morgan fingerprint density at radius 1 is 1.22 bits per heavy atom. The molecule has 0 saturated carbocycles. The summed E-state index contributed by atoms with van der Waals surface area (Å²) in [5, 5.41) is 12.1. The molecular weight excluding hydrogens is 350 g/mol. The summed E-state index contributed by atoms with van der Waals surface area (Å²) in [5.41, 5.74) is -0.325. The summed E-state index contributed by atoms with van der Waals surface area (Å²) in [5.74, 6) is 1.28. The second-order valence-corrected chi connectivity index (χ2v) is 6.10. The van der Waals surface area contributed by atoms with Gasteiger partial charge in [0.1, 0.15) is 5.75 Å². The summed E-state index contributed by atoms with van der Waals surface area (Å²) in [6.45, 7) is 1.53. The number of H-pyrrole nitrogens is 1. The lowest BCUT2D eigenvalue weighted by Crippen LogP contribution is -2.29. The molecule has 0 spiro atoms. The van der Waals surface area contributed by atoms with E-state index < -0.39 is 11.2 Å². The molecule has 3 N–H and O–H groups in total. The molecule has 0 radical (unpaired) electrons. The van der Waals surface area contributed by atoms with E-state index in [9.17, 15) is 9.59 Å². The molecule has 1 aromatic carbocycles. The van der Waals surface area contributed by atoms with Crippen LogP contribution in [0.5, 0.6) is 5.75 Å². The van der Waals surface area contributed by atoms with Gasteiger partial charge in [-0.15, -0.1) is 0 Å². The number of aromatic nitrogens is 4. The first-order chi connectivity index (χ1) is 13.1. The number of rotatable bonds is 9. The van der Waals surface area contributed by atoms with Gasteiger partial charge in [0.15, 0.2) is 11.2 Å². The van der Waals surface area contributed by atoms with Crippen LogP contribution in [0.3, 0.4) is 0 Å². The number of benzene rings is 1. The Kier molecular flexibility index (Phi) is 5.92. The molecule has 2 heterocycles. The van der Waals surface area contributed by atoms with Crippen molar-refractivity contribution in [3.05, 3.63) is 51.2 Å². The lowest BCUT2D eigenvalue weighted by molar-refractivity contribution is 0.292. The Labute approximate surface area is 155 Å². The SMILES string of the molecule is Cn1c(=O)[nH]c(=O)c2c1nc(NCCCO)n2CCCOc1ccccc1. The van der Waals surface area contributed by atoms with Crippen LogP contribution in [0.25, 0.3) is 11.2 Å². The topological polar surface area (TPSA) is 114 Å². The van der Waals surface area contributed by atoms with Gasteiger partial charge in [-0.2, -0.15) is 4.98 Å². The fourth-order valence-electron chi connectivity index (χ4n) is 2.80. The lowest BCUT2D eigenvalue weighted by atomic mass is 10.3. The van der Waals surface area contributed by atoms with Crippen LogP contribution in [-0.4, -0.2) is 44.0 Å². The van der Waals surface area contributed by atoms with Crippen LogP contribution < -0.4 is 21.3 Å². The fourth-order valence-corrected chi connectivity index (χ4v) is 2.80. The van der Waals surface area contributed by atoms with Crippen LogP contribution in [0.1, 0.15) is 12.8 Å². The summed E-state index contributed by atoms with van der Waals surface area (Å²) in [6, 6.07) is 9.50. The second kappa shape index (κ2) is 8.54. The van der Waals surface area contributed by atoms with E-state index in [1.807, 2.05) is 30.3 Å². The van der Waals surface area contributed by atoms with Crippen LogP contribution in [-0.2, 0) is 13.6 Å². The van der Waals surface area contributed by atoms with E-state index in [0.717, 1.165) is 5.75 Å². The van der Waals surface area contributed by atoms with Gasteiger partial charge < -0.3 is 19.7 Å². The summed E-state index contributed by atoms with van der Waals surface area (Å²) < 4.78 is 8.76. The zero-order valence-electron chi connectivity index (χ0n) is 15.1. The van der Waals surface area contributed by atoms with E-state index in [1.165, 1.54) is 4.57 Å². The van der Waals surface area contributed by atoms with Gasteiger partial charge in [0.25, 0.3) is 5.56 Å². The molecule has 3 rings (SSSR count). The van der Waals surface area contributed by atoms with Gasteiger partial charge in [-0.1, -0.05) is 18.2 Å². The smallest absolute Gasteiger partial charge is 0.329 e. The minimum Gasteiger partial charge on any atom is -0.494 e. The van der Waals surface area contributed by atoms with Crippen molar-refractivity contribution < 1.29 is 9.84 Å². The van der Waals surface area contributed by atoms with Gasteiger partial charge >= 0.3 is 5.69 Å². The van der Waals surface area contributed by atoms with Gasteiger partial charge in [-0.25, -0.2) is 4.79 Å². The van der Waals surface area contributed by atoms with E-state index in [2.05, 4.69) is 15.3 Å². The average molecular weight is 373 g/mol. The summed E-state index contributed by atoms with van der Waals surface area (Å²) >= 11 is 0. The molecule has 144 valence electrons. The quantitative estimate of drug-likeness (QED) is 0.476. The highest BCUT2D eigenvalue weighted by atomic mass is 16.5. The number of para-hydroxylation sites is 1. The van der Waals surface area contributed by atoms with Crippen molar-refractivity contribution in [1.82, 2.24) is 19.1 Å². The zero-order chi connectivity index (χ0) is 19.2. The van der Waals surface area contributed by atoms with E-state index in [1.54, 1.807) is 11.6 Å². The number of ether oxygens (including phenoxy) is 1. The number of aliphatic hydroxyl groups is 1. The molecule has 0 amide bonds. The highest BCUT2D eigenvalue weighted by Crippen LogP contribution is 2.16. The third-order valence-electron chi connectivity index (χ3n) is 4.16. The normalized spacial score (nSPS) is 11.0. The molecule has 0 unspecified atom stereocenters. The number of aliphatic hydroxyl groups excluding tert-OH is 1. The molecule has 0 atom stereocenters. The number of anilines is 1. The molecule has 9 nitrogen and oxygen atoms in total. The second-order valence-electron chi connectivity index (χ2n) is 6.10. The number of hydrogen-bond acceptors (Lipinski definition) is 6. The number of hydrogen-bond donors (Lipinski definition) is 3. The number of fused-ring (bicyclic) bond motifs is 1. The minimum absolute atomic E-state index is 0.0528. The maximum Gasteiger partial charge on any atom is 0.329 e. The molecule has 0 bridgehead atoms. The maximum absolute atomic E-state index is 12.3. The van der Waals surface area contributed by atoms with Crippen LogP contribution in [0.15, 0.2) is 39.9 Å². The molecule has 0 fully saturated rings. The van der Waals surface area contributed by atoms with Crippen molar-refractivity contribution in [1.29, 1.82) is 0 Å². The van der Waals surface area contributed by atoms with Crippen LogP contribution in [0, 0.1) is 0 Å². The molecule has 0 aliphatic rings. The number of aromatic amines is 1. The van der Waals surface area contributed by atoms with Gasteiger partial charge in [0, 0.05) is 26.7 Å². The molecule has 0 aliphatic carbocycles. The predicted octanol–water partition coefficient (Wildman–Crippen LogP) is 0.687. The summed E-state index contributed by atoms with van der Waals surface area (Å²) in [7, 11) is 1.56. The summed E-state index contributed by atoms with van der Waals surface area (Å²) in [6.07, 6.45) is 1.20. The molecule has 2 aromatic heterocycles.